The van der Waals surface area contributed by atoms with E-state index in [2.05, 4.69) is 0 Å². The molecule has 0 saturated carbocycles. The standard InChI is InChI=1S/C9H11NO3/c1-7(10(11)12)8-5-3-4-6-9(8)13-2/h3-7H,1-2H3. The molecule has 0 aliphatic carbocycles. The van der Waals surface area contributed by atoms with E-state index in [0.717, 1.165) is 0 Å². The molecule has 0 fully saturated rings. The van der Waals surface area contributed by atoms with Crippen molar-refractivity contribution in [3.8, 4) is 5.75 Å². The number of para-hydroxylation sites is 1. The Labute approximate surface area is 76.3 Å². The van der Waals surface area contributed by atoms with Crippen LogP contribution in [-0.4, -0.2) is 12.0 Å². The minimum atomic E-state index is -0.726. The monoisotopic (exact) mass is 181 g/mol. The Hall–Kier alpha value is -1.58. The highest BCUT2D eigenvalue weighted by Crippen LogP contribution is 2.25. The second kappa shape index (κ2) is 3.89. The largest absolute Gasteiger partial charge is 0.496 e. The highest BCUT2D eigenvalue weighted by Gasteiger charge is 2.19. The van der Waals surface area contributed by atoms with Crippen molar-refractivity contribution in [3.63, 3.8) is 0 Å². The zero-order valence-corrected chi connectivity index (χ0v) is 7.56. The van der Waals surface area contributed by atoms with Crippen molar-refractivity contribution in [2.24, 2.45) is 0 Å². The van der Waals surface area contributed by atoms with Crippen LogP contribution in [0.5, 0.6) is 5.75 Å². The topological polar surface area (TPSA) is 52.4 Å². The minimum Gasteiger partial charge on any atom is -0.496 e. The fourth-order valence-electron chi connectivity index (χ4n) is 1.13. The molecule has 0 spiro atoms. The number of hydrogen-bond acceptors (Lipinski definition) is 3. The summed E-state index contributed by atoms with van der Waals surface area (Å²) in [6.07, 6.45) is 0. The Morgan fingerprint density at radius 1 is 1.46 bits per heavy atom. The van der Waals surface area contributed by atoms with Gasteiger partial charge in [-0.3, -0.25) is 10.1 Å². The minimum absolute atomic E-state index is 0.335. The van der Waals surface area contributed by atoms with E-state index in [9.17, 15) is 10.1 Å². The molecule has 1 aromatic rings. The molecule has 1 aromatic carbocycles. The lowest BCUT2D eigenvalue weighted by Crippen LogP contribution is -2.07. The van der Waals surface area contributed by atoms with E-state index < -0.39 is 6.04 Å². The van der Waals surface area contributed by atoms with Crippen molar-refractivity contribution in [2.75, 3.05) is 7.11 Å². The number of hydrogen-bond donors (Lipinski definition) is 0. The van der Waals surface area contributed by atoms with Crippen LogP contribution in [-0.2, 0) is 0 Å². The average molecular weight is 181 g/mol. The molecule has 0 aliphatic rings. The van der Waals surface area contributed by atoms with Gasteiger partial charge < -0.3 is 4.74 Å². The fourth-order valence-corrected chi connectivity index (χ4v) is 1.13. The molecular weight excluding hydrogens is 170 g/mol. The molecule has 70 valence electrons. The van der Waals surface area contributed by atoms with Crippen molar-refractivity contribution < 1.29 is 9.66 Å². The molecule has 0 radical (unpaired) electrons. The van der Waals surface area contributed by atoms with Crippen LogP contribution in [0, 0.1) is 10.1 Å². The van der Waals surface area contributed by atoms with E-state index in [-0.39, 0.29) is 4.92 Å². The van der Waals surface area contributed by atoms with E-state index in [1.807, 2.05) is 0 Å². The first kappa shape index (κ1) is 9.51. The van der Waals surface area contributed by atoms with Crippen molar-refractivity contribution >= 4 is 0 Å². The maximum Gasteiger partial charge on any atom is 0.238 e. The predicted molar refractivity (Wildman–Crippen MR) is 48.4 cm³/mol. The highest BCUT2D eigenvalue weighted by atomic mass is 16.6. The first-order chi connectivity index (χ1) is 6.16. The average Bonchev–Trinajstić information content (AvgIpc) is 2.16. The molecule has 1 atom stereocenters. The van der Waals surface area contributed by atoms with Crippen LogP contribution in [0.3, 0.4) is 0 Å². The van der Waals surface area contributed by atoms with Crippen molar-refractivity contribution in [2.45, 2.75) is 13.0 Å². The van der Waals surface area contributed by atoms with Crippen LogP contribution in [0.1, 0.15) is 18.5 Å². The summed E-state index contributed by atoms with van der Waals surface area (Å²) in [6.45, 7) is 1.54. The van der Waals surface area contributed by atoms with Gasteiger partial charge >= 0.3 is 0 Å². The quantitative estimate of drug-likeness (QED) is 0.529. The van der Waals surface area contributed by atoms with E-state index in [4.69, 9.17) is 4.74 Å². The lowest BCUT2D eigenvalue weighted by atomic mass is 10.1. The lowest BCUT2D eigenvalue weighted by Gasteiger charge is -2.08. The number of benzene rings is 1. The molecule has 0 aliphatic heterocycles. The Balaban J connectivity index is 3.05. The SMILES string of the molecule is COc1ccccc1C(C)[N+](=O)[O-]. The number of nitro groups is 1. The highest BCUT2D eigenvalue weighted by molar-refractivity contribution is 5.34. The van der Waals surface area contributed by atoms with Gasteiger partial charge in [-0.2, -0.15) is 0 Å². The molecule has 0 amide bonds. The summed E-state index contributed by atoms with van der Waals surface area (Å²) < 4.78 is 5.01. The van der Waals surface area contributed by atoms with E-state index >= 15 is 0 Å². The first-order valence-corrected chi connectivity index (χ1v) is 3.93. The van der Waals surface area contributed by atoms with Gasteiger partial charge in [0.25, 0.3) is 0 Å². The van der Waals surface area contributed by atoms with Crippen LogP contribution in [0.15, 0.2) is 24.3 Å². The summed E-state index contributed by atoms with van der Waals surface area (Å²) in [5, 5.41) is 10.5. The maximum absolute atomic E-state index is 10.5. The van der Waals surface area contributed by atoms with Crippen LogP contribution >= 0.6 is 0 Å². The Kier molecular flexibility index (Phi) is 2.84. The number of methoxy groups -OCH3 is 1. The van der Waals surface area contributed by atoms with Gasteiger partial charge in [0.1, 0.15) is 5.75 Å². The second-order valence-corrected chi connectivity index (χ2v) is 2.70. The summed E-state index contributed by atoms with van der Waals surface area (Å²) in [5.41, 5.74) is 0.606. The van der Waals surface area contributed by atoms with Crippen LogP contribution < -0.4 is 4.74 Å². The Bertz CT molecular complexity index is 311. The summed E-state index contributed by atoms with van der Waals surface area (Å²) >= 11 is 0. The van der Waals surface area contributed by atoms with Gasteiger partial charge in [-0.1, -0.05) is 12.1 Å². The molecule has 0 aromatic heterocycles. The number of ether oxygens (including phenoxy) is 1. The first-order valence-electron chi connectivity index (χ1n) is 3.93. The van der Waals surface area contributed by atoms with Gasteiger partial charge in [-0.05, 0) is 12.1 Å². The van der Waals surface area contributed by atoms with E-state index in [0.29, 0.717) is 11.3 Å². The predicted octanol–water partition coefficient (Wildman–Crippen LogP) is 2.03. The molecular formula is C9H11NO3. The van der Waals surface area contributed by atoms with Crippen LogP contribution in [0.2, 0.25) is 0 Å². The van der Waals surface area contributed by atoms with Crippen LogP contribution in [0.25, 0.3) is 0 Å². The van der Waals surface area contributed by atoms with Gasteiger partial charge in [-0.25, -0.2) is 0 Å². The second-order valence-electron chi connectivity index (χ2n) is 2.70. The normalized spacial score (nSPS) is 12.2. The third-order valence-corrected chi connectivity index (χ3v) is 1.91. The van der Waals surface area contributed by atoms with E-state index in [1.165, 1.54) is 14.0 Å². The summed E-state index contributed by atoms with van der Waals surface area (Å²) in [5.74, 6) is 0.562. The smallest absolute Gasteiger partial charge is 0.238 e. The molecule has 0 N–H and O–H groups in total. The summed E-state index contributed by atoms with van der Waals surface area (Å²) in [6, 6.07) is 6.24. The third-order valence-electron chi connectivity index (χ3n) is 1.91. The Morgan fingerprint density at radius 2 is 2.08 bits per heavy atom. The summed E-state index contributed by atoms with van der Waals surface area (Å²) in [7, 11) is 1.51. The van der Waals surface area contributed by atoms with Gasteiger partial charge in [0.05, 0.1) is 12.7 Å². The molecule has 0 saturated heterocycles. The fraction of sp³-hybridized carbons (Fsp3) is 0.333. The van der Waals surface area contributed by atoms with Crippen molar-refractivity contribution in [1.29, 1.82) is 0 Å². The molecule has 1 rings (SSSR count). The van der Waals surface area contributed by atoms with Gasteiger partial charge in [-0.15, -0.1) is 0 Å². The zero-order valence-electron chi connectivity index (χ0n) is 7.56. The van der Waals surface area contributed by atoms with Crippen molar-refractivity contribution in [3.05, 3.63) is 39.9 Å². The van der Waals surface area contributed by atoms with Crippen molar-refractivity contribution in [1.82, 2.24) is 0 Å². The third kappa shape index (κ3) is 1.96. The van der Waals surface area contributed by atoms with Gasteiger partial charge in [0.15, 0.2) is 0 Å². The van der Waals surface area contributed by atoms with Gasteiger partial charge in [0, 0.05) is 11.8 Å². The Morgan fingerprint density at radius 3 is 2.62 bits per heavy atom. The van der Waals surface area contributed by atoms with Gasteiger partial charge in [0.2, 0.25) is 6.04 Å². The molecule has 4 nitrogen and oxygen atoms in total. The van der Waals surface area contributed by atoms with E-state index in [1.54, 1.807) is 24.3 Å². The van der Waals surface area contributed by atoms with Crippen LogP contribution in [0.4, 0.5) is 0 Å². The summed E-state index contributed by atoms with van der Waals surface area (Å²) in [4.78, 5) is 10.2. The maximum atomic E-state index is 10.5. The molecule has 0 bridgehead atoms. The molecule has 1 unspecified atom stereocenters. The lowest BCUT2D eigenvalue weighted by molar-refractivity contribution is -0.524. The number of rotatable bonds is 3. The molecule has 4 heteroatoms. The number of nitrogens with zero attached hydrogens (tertiary/aromatic N) is 1. The molecule has 0 heterocycles. The molecule has 13 heavy (non-hydrogen) atoms. The zero-order chi connectivity index (χ0) is 9.84.